The highest BCUT2D eigenvalue weighted by Crippen LogP contribution is 2.14. The van der Waals surface area contributed by atoms with Crippen molar-refractivity contribution in [3.8, 4) is 5.69 Å². The van der Waals surface area contributed by atoms with Crippen molar-refractivity contribution in [1.29, 1.82) is 0 Å². The predicted molar refractivity (Wildman–Crippen MR) is 91.1 cm³/mol. The van der Waals surface area contributed by atoms with Gasteiger partial charge in [0.15, 0.2) is 0 Å². The van der Waals surface area contributed by atoms with Crippen LogP contribution < -0.4 is 5.32 Å². The van der Waals surface area contributed by atoms with E-state index in [4.69, 9.17) is 4.74 Å². The summed E-state index contributed by atoms with van der Waals surface area (Å²) in [6.45, 7) is 7.59. The largest absolute Gasteiger partial charge is 0.467 e. The molecule has 24 heavy (non-hydrogen) atoms. The standard InChI is InChI=1S/C18H23N3O3/c1-11(2)16(18(23)24-5)19-17(22)14-7-6-8-15(10-14)21-13(4)9-12(3)20-21/h6-11,16H,1-5H3,(H,19,22)/t16-/m0/s1. The lowest BCUT2D eigenvalue weighted by Gasteiger charge is -2.20. The van der Waals surface area contributed by atoms with Crippen LogP contribution in [-0.2, 0) is 9.53 Å². The maximum absolute atomic E-state index is 12.5. The van der Waals surface area contributed by atoms with Crippen LogP contribution in [0.15, 0.2) is 30.3 Å². The van der Waals surface area contributed by atoms with E-state index in [1.165, 1.54) is 7.11 Å². The van der Waals surface area contributed by atoms with Crippen LogP contribution in [0.3, 0.4) is 0 Å². The topological polar surface area (TPSA) is 73.2 Å². The number of esters is 1. The molecule has 1 aromatic heterocycles. The summed E-state index contributed by atoms with van der Waals surface area (Å²) in [7, 11) is 1.31. The summed E-state index contributed by atoms with van der Waals surface area (Å²) in [5, 5.41) is 7.16. The number of rotatable bonds is 5. The molecule has 2 rings (SSSR count). The molecule has 6 heteroatoms. The van der Waals surface area contributed by atoms with E-state index >= 15 is 0 Å². The van der Waals surface area contributed by atoms with Gasteiger partial charge in [0, 0.05) is 11.3 Å². The molecule has 0 saturated heterocycles. The van der Waals surface area contributed by atoms with E-state index in [-0.39, 0.29) is 11.8 Å². The molecule has 0 aliphatic heterocycles. The zero-order valence-corrected chi connectivity index (χ0v) is 14.7. The Morgan fingerprint density at radius 2 is 1.92 bits per heavy atom. The molecule has 0 fully saturated rings. The molecule has 1 amide bonds. The van der Waals surface area contributed by atoms with Crippen molar-refractivity contribution in [2.75, 3.05) is 7.11 Å². The van der Waals surface area contributed by atoms with Crippen molar-refractivity contribution in [2.24, 2.45) is 5.92 Å². The van der Waals surface area contributed by atoms with Crippen molar-refractivity contribution >= 4 is 11.9 Å². The van der Waals surface area contributed by atoms with Crippen molar-refractivity contribution < 1.29 is 14.3 Å². The highest BCUT2D eigenvalue weighted by Gasteiger charge is 2.25. The Balaban J connectivity index is 2.26. The van der Waals surface area contributed by atoms with Gasteiger partial charge in [0.05, 0.1) is 18.5 Å². The number of nitrogens with zero attached hydrogens (tertiary/aromatic N) is 2. The van der Waals surface area contributed by atoms with Crippen molar-refractivity contribution in [1.82, 2.24) is 15.1 Å². The van der Waals surface area contributed by atoms with E-state index in [9.17, 15) is 9.59 Å². The van der Waals surface area contributed by atoms with E-state index in [1.807, 2.05) is 39.8 Å². The molecule has 6 nitrogen and oxygen atoms in total. The fourth-order valence-corrected chi connectivity index (χ4v) is 2.52. The third-order valence-corrected chi connectivity index (χ3v) is 3.77. The SMILES string of the molecule is COC(=O)[C@@H](NC(=O)c1cccc(-n2nc(C)cc2C)c1)C(C)C. The molecule has 1 N–H and O–H groups in total. The van der Waals surface area contributed by atoms with Gasteiger partial charge in [-0.15, -0.1) is 0 Å². The molecule has 128 valence electrons. The lowest BCUT2D eigenvalue weighted by Crippen LogP contribution is -2.45. The highest BCUT2D eigenvalue weighted by molar-refractivity contribution is 5.97. The van der Waals surface area contributed by atoms with Crippen LogP contribution in [0, 0.1) is 19.8 Å². The Bertz CT molecular complexity index is 750. The average Bonchev–Trinajstić information content (AvgIpc) is 2.90. The molecule has 1 heterocycles. The molecular formula is C18H23N3O3. The molecule has 0 spiro atoms. The number of carbonyl (C=O) groups is 2. The molecule has 0 aliphatic rings. The summed E-state index contributed by atoms with van der Waals surface area (Å²) in [6.07, 6.45) is 0. The van der Waals surface area contributed by atoms with Crippen molar-refractivity contribution in [2.45, 2.75) is 33.7 Å². The second-order valence-electron chi connectivity index (χ2n) is 6.11. The summed E-state index contributed by atoms with van der Waals surface area (Å²) < 4.78 is 6.54. The Morgan fingerprint density at radius 3 is 2.46 bits per heavy atom. The quantitative estimate of drug-likeness (QED) is 0.855. The highest BCUT2D eigenvalue weighted by atomic mass is 16.5. The van der Waals surface area contributed by atoms with E-state index in [0.717, 1.165) is 17.1 Å². The number of benzene rings is 1. The summed E-state index contributed by atoms with van der Waals surface area (Å²) in [4.78, 5) is 24.3. The Hall–Kier alpha value is -2.63. The minimum absolute atomic E-state index is 0.0689. The fraction of sp³-hybridized carbons (Fsp3) is 0.389. The third-order valence-electron chi connectivity index (χ3n) is 3.77. The van der Waals surface area contributed by atoms with Gasteiger partial charge in [0.1, 0.15) is 6.04 Å². The third kappa shape index (κ3) is 3.82. The van der Waals surface area contributed by atoms with Gasteiger partial charge in [-0.25, -0.2) is 9.48 Å². The summed E-state index contributed by atoms with van der Waals surface area (Å²) in [5.41, 5.74) is 3.16. The second kappa shape index (κ2) is 7.29. The molecule has 0 radical (unpaired) electrons. The minimum atomic E-state index is -0.681. The lowest BCUT2D eigenvalue weighted by atomic mass is 10.0. The maximum Gasteiger partial charge on any atom is 0.328 e. The van der Waals surface area contributed by atoms with Gasteiger partial charge in [-0.1, -0.05) is 19.9 Å². The number of carbonyl (C=O) groups excluding carboxylic acids is 2. The van der Waals surface area contributed by atoms with E-state index in [1.54, 1.807) is 22.9 Å². The first-order valence-corrected chi connectivity index (χ1v) is 7.86. The minimum Gasteiger partial charge on any atom is -0.467 e. The van der Waals surface area contributed by atoms with Crippen LogP contribution in [0.25, 0.3) is 5.69 Å². The van der Waals surface area contributed by atoms with Crippen LogP contribution in [0.2, 0.25) is 0 Å². The molecule has 0 bridgehead atoms. The smallest absolute Gasteiger partial charge is 0.328 e. The average molecular weight is 329 g/mol. The predicted octanol–water partition coefficient (Wildman–Crippen LogP) is 2.42. The number of aryl methyl sites for hydroxylation is 2. The van der Waals surface area contributed by atoms with E-state index in [0.29, 0.717) is 5.56 Å². The zero-order chi connectivity index (χ0) is 17.9. The lowest BCUT2D eigenvalue weighted by molar-refractivity contribution is -0.144. The van der Waals surface area contributed by atoms with Crippen LogP contribution in [0.5, 0.6) is 0 Å². The van der Waals surface area contributed by atoms with Crippen LogP contribution in [-0.4, -0.2) is 34.8 Å². The van der Waals surface area contributed by atoms with Gasteiger partial charge >= 0.3 is 5.97 Å². The number of hydrogen-bond acceptors (Lipinski definition) is 4. The Labute approximate surface area is 141 Å². The van der Waals surface area contributed by atoms with Gasteiger partial charge in [-0.3, -0.25) is 4.79 Å². The number of nitrogens with one attached hydrogen (secondary N) is 1. The van der Waals surface area contributed by atoms with Crippen LogP contribution in [0.1, 0.15) is 35.6 Å². The van der Waals surface area contributed by atoms with Crippen molar-refractivity contribution in [3.05, 3.63) is 47.3 Å². The van der Waals surface area contributed by atoms with E-state index in [2.05, 4.69) is 10.4 Å². The first-order chi connectivity index (χ1) is 11.3. The van der Waals surface area contributed by atoms with Gasteiger partial charge in [-0.05, 0) is 44.0 Å². The van der Waals surface area contributed by atoms with Crippen LogP contribution >= 0.6 is 0 Å². The number of ether oxygens (including phenoxy) is 1. The Morgan fingerprint density at radius 1 is 1.21 bits per heavy atom. The molecule has 0 unspecified atom stereocenters. The number of amides is 1. The molecule has 1 aromatic carbocycles. The van der Waals surface area contributed by atoms with Crippen LogP contribution in [0.4, 0.5) is 0 Å². The normalized spacial score (nSPS) is 12.1. The number of methoxy groups -OCH3 is 1. The van der Waals surface area contributed by atoms with Gasteiger partial charge < -0.3 is 10.1 Å². The molecular weight excluding hydrogens is 306 g/mol. The Kier molecular flexibility index (Phi) is 5.39. The molecule has 0 aliphatic carbocycles. The molecule has 0 saturated carbocycles. The molecule has 2 aromatic rings. The zero-order valence-electron chi connectivity index (χ0n) is 14.7. The summed E-state index contributed by atoms with van der Waals surface area (Å²) in [6, 6.07) is 8.43. The number of hydrogen-bond donors (Lipinski definition) is 1. The summed E-state index contributed by atoms with van der Waals surface area (Å²) >= 11 is 0. The maximum atomic E-state index is 12.5. The number of aromatic nitrogens is 2. The van der Waals surface area contributed by atoms with Gasteiger partial charge in [0.25, 0.3) is 5.91 Å². The first kappa shape index (κ1) is 17.7. The van der Waals surface area contributed by atoms with Gasteiger partial charge in [-0.2, -0.15) is 5.10 Å². The van der Waals surface area contributed by atoms with E-state index < -0.39 is 12.0 Å². The second-order valence-corrected chi connectivity index (χ2v) is 6.11. The van der Waals surface area contributed by atoms with Gasteiger partial charge in [0.2, 0.25) is 0 Å². The molecule has 1 atom stereocenters. The van der Waals surface area contributed by atoms with Crippen molar-refractivity contribution in [3.63, 3.8) is 0 Å². The summed E-state index contributed by atoms with van der Waals surface area (Å²) in [5.74, 6) is -0.837. The fourth-order valence-electron chi connectivity index (χ4n) is 2.52. The monoisotopic (exact) mass is 329 g/mol. The first-order valence-electron chi connectivity index (χ1n) is 7.86.